The minimum absolute atomic E-state index is 0.154. The van der Waals surface area contributed by atoms with Gasteiger partial charge in [-0.2, -0.15) is 0 Å². The van der Waals surface area contributed by atoms with E-state index in [9.17, 15) is 4.79 Å². The van der Waals surface area contributed by atoms with Gasteiger partial charge in [0, 0.05) is 19.3 Å². The predicted octanol–water partition coefficient (Wildman–Crippen LogP) is 8.32. The lowest BCUT2D eigenvalue weighted by atomic mass is 10.0. The van der Waals surface area contributed by atoms with E-state index in [0.29, 0.717) is 0 Å². The summed E-state index contributed by atoms with van der Waals surface area (Å²) in [6.45, 7) is 2.56. The lowest BCUT2D eigenvalue weighted by molar-refractivity contribution is 0.101. The van der Waals surface area contributed by atoms with E-state index in [1.807, 2.05) is 12.1 Å². The van der Waals surface area contributed by atoms with Crippen LogP contribution in [0, 0.1) is 0 Å². The molecule has 0 bridgehead atoms. The van der Waals surface area contributed by atoms with Crippen LogP contribution in [0.2, 0.25) is 0 Å². The molecule has 0 unspecified atom stereocenters. The van der Waals surface area contributed by atoms with E-state index in [1.54, 1.807) is 14.0 Å². The second kappa shape index (κ2) is 18.9. The van der Waals surface area contributed by atoms with Gasteiger partial charge < -0.3 is 4.74 Å². The number of hydrogen-bond acceptors (Lipinski definition) is 2. The highest BCUT2D eigenvalue weighted by atomic mass is 16.5. The molecule has 0 saturated carbocycles. The van der Waals surface area contributed by atoms with Crippen LogP contribution in [0.25, 0.3) is 0 Å². The standard InChI is InChI=1S/C27H46O2/c1-25(28)27-22-20-26(21-23-27)19-17-15-13-11-9-7-5-3-4-6-8-10-12-14-16-18-24-29-2/h20-23H,3-19,24H2,1-2H3. The number of methoxy groups -OCH3 is 1. The number of carbonyl (C=O) groups is 1. The lowest BCUT2D eigenvalue weighted by Gasteiger charge is -2.04. The molecule has 1 rings (SSSR count). The van der Waals surface area contributed by atoms with Crippen molar-refractivity contribution < 1.29 is 9.53 Å². The summed E-state index contributed by atoms with van der Waals surface area (Å²) >= 11 is 0. The molecule has 0 atom stereocenters. The van der Waals surface area contributed by atoms with Crippen LogP contribution in [-0.2, 0) is 11.2 Å². The largest absolute Gasteiger partial charge is 0.385 e. The second-order valence-electron chi connectivity index (χ2n) is 8.65. The van der Waals surface area contributed by atoms with Crippen molar-refractivity contribution in [1.82, 2.24) is 0 Å². The van der Waals surface area contributed by atoms with E-state index in [2.05, 4.69) is 12.1 Å². The average molecular weight is 403 g/mol. The maximum Gasteiger partial charge on any atom is 0.159 e. The van der Waals surface area contributed by atoms with E-state index >= 15 is 0 Å². The molecule has 0 aliphatic heterocycles. The molecule has 0 spiro atoms. The Morgan fingerprint density at radius 1 is 0.621 bits per heavy atom. The Morgan fingerprint density at radius 3 is 1.38 bits per heavy atom. The van der Waals surface area contributed by atoms with E-state index in [-0.39, 0.29) is 5.78 Å². The molecule has 2 nitrogen and oxygen atoms in total. The quantitative estimate of drug-likeness (QED) is 0.162. The van der Waals surface area contributed by atoms with Gasteiger partial charge in [0.05, 0.1) is 0 Å². The Bertz CT molecular complexity index is 492. The normalized spacial score (nSPS) is 11.1. The lowest BCUT2D eigenvalue weighted by Crippen LogP contribution is -1.92. The van der Waals surface area contributed by atoms with Crippen LogP contribution in [0.1, 0.15) is 126 Å². The molecule has 0 N–H and O–H groups in total. The molecule has 0 radical (unpaired) electrons. The van der Waals surface area contributed by atoms with Crippen LogP contribution in [-0.4, -0.2) is 19.5 Å². The first-order valence-corrected chi connectivity index (χ1v) is 12.3. The zero-order valence-electron chi connectivity index (χ0n) is 19.4. The maximum absolute atomic E-state index is 11.3. The Morgan fingerprint density at radius 2 is 1.00 bits per heavy atom. The highest BCUT2D eigenvalue weighted by Gasteiger charge is 1.99. The van der Waals surface area contributed by atoms with E-state index in [1.165, 1.54) is 108 Å². The smallest absolute Gasteiger partial charge is 0.159 e. The summed E-state index contributed by atoms with van der Waals surface area (Å²) in [7, 11) is 1.79. The van der Waals surface area contributed by atoms with Gasteiger partial charge >= 0.3 is 0 Å². The van der Waals surface area contributed by atoms with Crippen molar-refractivity contribution in [2.45, 2.75) is 116 Å². The van der Waals surface area contributed by atoms with Crippen LogP contribution in [0.5, 0.6) is 0 Å². The molecule has 29 heavy (non-hydrogen) atoms. The molecule has 2 heteroatoms. The summed E-state index contributed by atoms with van der Waals surface area (Å²) in [5.41, 5.74) is 2.18. The number of unbranched alkanes of at least 4 members (excludes halogenated alkanes) is 15. The molecule has 0 heterocycles. The van der Waals surface area contributed by atoms with Gasteiger partial charge in [0.2, 0.25) is 0 Å². The number of hydrogen-bond donors (Lipinski definition) is 0. The first kappa shape index (κ1) is 25.9. The minimum atomic E-state index is 0.154. The van der Waals surface area contributed by atoms with Gasteiger partial charge in [-0.25, -0.2) is 0 Å². The van der Waals surface area contributed by atoms with Gasteiger partial charge in [0.25, 0.3) is 0 Å². The number of benzene rings is 1. The zero-order valence-corrected chi connectivity index (χ0v) is 19.4. The van der Waals surface area contributed by atoms with Crippen molar-refractivity contribution in [2.75, 3.05) is 13.7 Å². The van der Waals surface area contributed by atoms with Gasteiger partial charge in [-0.15, -0.1) is 0 Å². The summed E-state index contributed by atoms with van der Waals surface area (Å²) in [6.07, 6.45) is 23.3. The van der Waals surface area contributed by atoms with E-state index < -0.39 is 0 Å². The Hall–Kier alpha value is -1.15. The van der Waals surface area contributed by atoms with Crippen molar-refractivity contribution in [2.24, 2.45) is 0 Å². The number of Topliss-reactive ketones (excluding diaryl/α,β-unsaturated/α-hetero) is 1. The topological polar surface area (TPSA) is 26.3 Å². The average Bonchev–Trinajstić information content (AvgIpc) is 2.73. The fourth-order valence-corrected chi connectivity index (χ4v) is 3.96. The van der Waals surface area contributed by atoms with Crippen LogP contribution in [0.4, 0.5) is 0 Å². The fourth-order valence-electron chi connectivity index (χ4n) is 3.96. The minimum Gasteiger partial charge on any atom is -0.385 e. The predicted molar refractivity (Wildman–Crippen MR) is 126 cm³/mol. The molecule has 0 aromatic heterocycles. The molecule has 166 valence electrons. The van der Waals surface area contributed by atoms with Crippen molar-refractivity contribution in [3.8, 4) is 0 Å². The van der Waals surface area contributed by atoms with Crippen LogP contribution in [0.15, 0.2) is 24.3 Å². The summed E-state index contributed by atoms with van der Waals surface area (Å²) in [4.78, 5) is 11.3. The summed E-state index contributed by atoms with van der Waals surface area (Å²) < 4.78 is 5.08. The molecule has 0 saturated heterocycles. The van der Waals surface area contributed by atoms with E-state index in [0.717, 1.165) is 18.6 Å². The van der Waals surface area contributed by atoms with Gasteiger partial charge in [-0.3, -0.25) is 4.79 Å². The molecule has 0 aliphatic rings. The van der Waals surface area contributed by atoms with E-state index in [4.69, 9.17) is 4.74 Å². The van der Waals surface area contributed by atoms with Crippen LogP contribution >= 0.6 is 0 Å². The van der Waals surface area contributed by atoms with Gasteiger partial charge in [-0.1, -0.05) is 114 Å². The van der Waals surface area contributed by atoms with Crippen molar-refractivity contribution in [3.63, 3.8) is 0 Å². The van der Waals surface area contributed by atoms with Crippen LogP contribution < -0.4 is 0 Å². The Balaban J connectivity index is 1.77. The van der Waals surface area contributed by atoms with Crippen molar-refractivity contribution in [3.05, 3.63) is 35.4 Å². The zero-order chi connectivity index (χ0) is 21.0. The molecule has 0 aliphatic carbocycles. The number of ether oxygens (including phenoxy) is 1. The number of rotatable bonds is 20. The molecule has 0 fully saturated rings. The first-order chi connectivity index (χ1) is 14.2. The number of ketones is 1. The number of carbonyl (C=O) groups excluding carboxylic acids is 1. The first-order valence-electron chi connectivity index (χ1n) is 12.3. The molecule has 1 aromatic carbocycles. The molecular weight excluding hydrogens is 356 g/mol. The van der Waals surface area contributed by atoms with Gasteiger partial charge in [0.1, 0.15) is 0 Å². The number of aryl methyl sites for hydroxylation is 1. The fraction of sp³-hybridized carbons (Fsp3) is 0.741. The highest BCUT2D eigenvalue weighted by Crippen LogP contribution is 2.15. The van der Waals surface area contributed by atoms with Crippen molar-refractivity contribution >= 4 is 5.78 Å². The SMILES string of the molecule is COCCCCCCCCCCCCCCCCCCc1ccc(C(C)=O)cc1. The third-order valence-electron chi connectivity index (χ3n) is 5.92. The summed E-state index contributed by atoms with van der Waals surface area (Å²) in [6, 6.07) is 8.14. The van der Waals surface area contributed by atoms with Crippen molar-refractivity contribution in [1.29, 1.82) is 0 Å². The second-order valence-corrected chi connectivity index (χ2v) is 8.65. The highest BCUT2D eigenvalue weighted by molar-refractivity contribution is 5.93. The summed E-state index contributed by atoms with van der Waals surface area (Å²) in [5, 5.41) is 0. The Labute approximate surface area is 180 Å². The van der Waals surface area contributed by atoms with Gasteiger partial charge in [-0.05, 0) is 31.7 Å². The third kappa shape index (κ3) is 15.4. The molecular formula is C27H46O2. The monoisotopic (exact) mass is 402 g/mol. The molecule has 0 amide bonds. The summed E-state index contributed by atoms with van der Waals surface area (Å²) in [5.74, 6) is 0.154. The Kier molecular flexibility index (Phi) is 16.8. The van der Waals surface area contributed by atoms with Gasteiger partial charge in [0.15, 0.2) is 5.78 Å². The van der Waals surface area contributed by atoms with Crippen LogP contribution in [0.3, 0.4) is 0 Å². The third-order valence-corrected chi connectivity index (χ3v) is 5.92. The molecule has 1 aromatic rings. The maximum atomic E-state index is 11.3.